The van der Waals surface area contributed by atoms with Gasteiger partial charge in [0.1, 0.15) is 9.96 Å². The highest BCUT2D eigenvalue weighted by Gasteiger charge is 2.41. The van der Waals surface area contributed by atoms with Gasteiger partial charge in [0.25, 0.3) is 10.0 Å². The van der Waals surface area contributed by atoms with E-state index in [1.165, 1.54) is 15.6 Å². The summed E-state index contributed by atoms with van der Waals surface area (Å²) in [6, 6.07) is 11.0. The second kappa shape index (κ2) is 7.06. The van der Waals surface area contributed by atoms with E-state index >= 15 is 0 Å². The second-order valence-corrected chi connectivity index (χ2v) is 9.58. The first kappa shape index (κ1) is 18.1. The van der Waals surface area contributed by atoms with E-state index < -0.39 is 10.0 Å². The van der Waals surface area contributed by atoms with Gasteiger partial charge in [-0.05, 0) is 30.7 Å². The minimum Gasteiger partial charge on any atom is -0.496 e. The average Bonchev–Trinajstić information content (AvgIpc) is 3.30. The number of sulfonamides is 1. The molecule has 1 aliphatic heterocycles. The van der Waals surface area contributed by atoms with Crippen molar-refractivity contribution in [2.45, 2.75) is 23.5 Å². The molecule has 27 heavy (non-hydrogen) atoms. The first-order chi connectivity index (χ1) is 13.0. The van der Waals surface area contributed by atoms with Crippen LogP contribution in [-0.4, -0.2) is 43.1 Å². The molecule has 3 heterocycles. The summed E-state index contributed by atoms with van der Waals surface area (Å²) in [5.74, 6) is 1.45. The third-order valence-electron chi connectivity index (χ3n) is 4.57. The quantitative estimate of drug-likeness (QED) is 0.626. The zero-order valence-electron chi connectivity index (χ0n) is 15.0. The molecule has 1 fully saturated rings. The van der Waals surface area contributed by atoms with Gasteiger partial charge in [-0.2, -0.15) is 9.29 Å². The van der Waals surface area contributed by atoms with Gasteiger partial charge in [0, 0.05) is 18.0 Å². The Hall–Kier alpha value is -2.23. The van der Waals surface area contributed by atoms with Gasteiger partial charge in [-0.15, -0.1) is 11.3 Å². The van der Waals surface area contributed by atoms with E-state index in [4.69, 9.17) is 9.26 Å². The van der Waals surface area contributed by atoms with E-state index in [-0.39, 0.29) is 5.92 Å². The number of aromatic nitrogens is 2. The molecule has 1 aliphatic rings. The standard InChI is InChI=1S/C18H19N3O4S2/c1-3-13-8-9-16(26-13)27(22,23)21-10-12(11-21)18-19-17(20-25-18)14-6-4-5-7-15(14)24-2/h4-9,12H,3,10-11H2,1-2H3. The first-order valence-corrected chi connectivity index (χ1v) is 10.8. The molecule has 1 aromatic carbocycles. The van der Waals surface area contributed by atoms with E-state index in [1.807, 2.05) is 37.3 Å². The Balaban J connectivity index is 1.48. The summed E-state index contributed by atoms with van der Waals surface area (Å²) in [7, 11) is -1.86. The van der Waals surface area contributed by atoms with Crippen LogP contribution in [0.15, 0.2) is 45.1 Å². The highest BCUT2D eigenvalue weighted by Crippen LogP contribution is 2.35. The number of para-hydroxylation sites is 1. The highest BCUT2D eigenvalue weighted by atomic mass is 32.2. The number of benzene rings is 1. The number of nitrogens with zero attached hydrogens (tertiary/aromatic N) is 3. The SMILES string of the molecule is CCc1ccc(S(=O)(=O)N2CC(c3nc(-c4ccccc4OC)no3)C2)s1. The predicted octanol–water partition coefficient (Wildman–Crippen LogP) is 3.16. The predicted molar refractivity (Wildman–Crippen MR) is 101 cm³/mol. The maximum Gasteiger partial charge on any atom is 0.252 e. The fourth-order valence-electron chi connectivity index (χ4n) is 2.94. The van der Waals surface area contributed by atoms with Crippen LogP contribution in [0.25, 0.3) is 11.4 Å². The number of methoxy groups -OCH3 is 1. The topological polar surface area (TPSA) is 85.5 Å². The Kier molecular flexibility index (Phi) is 4.75. The van der Waals surface area contributed by atoms with Crippen molar-refractivity contribution in [2.75, 3.05) is 20.2 Å². The molecule has 4 rings (SSSR count). The fraction of sp³-hybridized carbons (Fsp3) is 0.333. The Morgan fingerprint density at radius 1 is 1.26 bits per heavy atom. The molecule has 3 aromatic rings. The molecule has 9 heteroatoms. The minimum atomic E-state index is -3.45. The van der Waals surface area contributed by atoms with Gasteiger partial charge < -0.3 is 9.26 Å². The number of rotatable bonds is 6. The number of ether oxygens (including phenoxy) is 1. The van der Waals surface area contributed by atoms with Crippen molar-refractivity contribution in [3.8, 4) is 17.1 Å². The molecule has 7 nitrogen and oxygen atoms in total. The van der Waals surface area contributed by atoms with E-state index in [9.17, 15) is 8.42 Å². The summed E-state index contributed by atoms with van der Waals surface area (Å²) in [4.78, 5) is 5.50. The zero-order chi connectivity index (χ0) is 19.0. The molecule has 0 aliphatic carbocycles. The highest BCUT2D eigenvalue weighted by molar-refractivity contribution is 7.91. The van der Waals surface area contributed by atoms with Crippen LogP contribution in [0.2, 0.25) is 0 Å². The lowest BCUT2D eigenvalue weighted by Crippen LogP contribution is -2.48. The van der Waals surface area contributed by atoms with Gasteiger partial charge >= 0.3 is 0 Å². The van der Waals surface area contributed by atoms with E-state index in [0.29, 0.717) is 34.8 Å². The van der Waals surface area contributed by atoms with Gasteiger partial charge in [-0.3, -0.25) is 0 Å². The van der Waals surface area contributed by atoms with E-state index in [2.05, 4.69) is 10.1 Å². The van der Waals surface area contributed by atoms with E-state index in [0.717, 1.165) is 16.9 Å². The lowest BCUT2D eigenvalue weighted by molar-refractivity contribution is 0.217. The largest absolute Gasteiger partial charge is 0.496 e. The van der Waals surface area contributed by atoms with Crippen molar-refractivity contribution >= 4 is 21.4 Å². The van der Waals surface area contributed by atoms with Crippen LogP contribution in [-0.2, 0) is 16.4 Å². The molecule has 1 saturated heterocycles. The number of thiophene rings is 1. The summed E-state index contributed by atoms with van der Waals surface area (Å²) >= 11 is 1.32. The van der Waals surface area contributed by atoms with Crippen molar-refractivity contribution in [3.63, 3.8) is 0 Å². The molecule has 0 radical (unpaired) electrons. The van der Waals surface area contributed by atoms with Crippen LogP contribution in [0, 0.1) is 0 Å². The van der Waals surface area contributed by atoms with Crippen LogP contribution >= 0.6 is 11.3 Å². The number of aryl methyl sites for hydroxylation is 1. The van der Waals surface area contributed by atoms with Gasteiger partial charge in [0.15, 0.2) is 0 Å². The smallest absolute Gasteiger partial charge is 0.252 e. The fourth-order valence-corrected chi connectivity index (χ4v) is 5.92. The second-order valence-electron chi connectivity index (χ2n) is 6.25. The zero-order valence-corrected chi connectivity index (χ0v) is 16.6. The molecule has 0 spiro atoms. The average molecular weight is 406 g/mol. The summed E-state index contributed by atoms with van der Waals surface area (Å²) < 4.78 is 37.9. The first-order valence-electron chi connectivity index (χ1n) is 8.58. The molecular formula is C18H19N3O4S2. The van der Waals surface area contributed by atoms with E-state index in [1.54, 1.807) is 13.2 Å². The van der Waals surface area contributed by atoms with Crippen LogP contribution in [0.4, 0.5) is 0 Å². The lowest BCUT2D eigenvalue weighted by Gasteiger charge is -2.35. The Labute approximate surface area is 161 Å². The van der Waals surface area contributed by atoms with Gasteiger partial charge in [0.05, 0.1) is 18.6 Å². The van der Waals surface area contributed by atoms with Gasteiger partial charge in [0.2, 0.25) is 11.7 Å². The normalized spacial score (nSPS) is 15.6. The Morgan fingerprint density at radius 2 is 2.04 bits per heavy atom. The van der Waals surface area contributed by atoms with Crippen molar-refractivity contribution < 1.29 is 17.7 Å². The molecule has 0 unspecified atom stereocenters. The molecule has 142 valence electrons. The minimum absolute atomic E-state index is 0.0960. The van der Waals surface area contributed by atoms with Crippen LogP contribution in [0.3, 0.4) is 0 Å². The number of hydrogen-bond acceptors (Lipinski definition) is 7. The van der Waals surface area contributed by atoms with Crippen LogP contribution < -0.4 is 4.74 Å². The van der Waals surface area contributed by atoms with Crippen LogP contribution in [0.1, 0.15) is 23.6 Å². The Morgan fingerprint density at radius 3 is 2.74 bits per heavy atom. The summed E-state index contributed by atoms with van der Waals surface area (Å²) in [6.45, 7) is 2.70. The Bertz CT molecular complexity index is 1050. The summed E-state index contributed by atoms with van der Waals surface area (Å²) in [5, 5.41) is 4.03. The van der Waals surface area contributed by atoms with Crippen molar-refractivity contribution in [2.24, 2.45) is 0 Å². The maximum absolute atomic E-state index is 12.7. The molecule has 0 saturated carbocycles. The molecule has 0 N–H and O–H groups in total. The van der Waals surface area contributed by atoms with Gasteiger partial charge in [-0.25, -0.2) is 8.42 Å². The molecule has 0 bridgehead atoms. The molecule has 0 atom stereocenters. The molecular weight excluding hydrogens is 386 g/mol. The van der Waals surface area contributed by atoms with Crippen LogP contribution in [0.5, 0.6) is 5.75 Å². The molecule has 0 amide bonds. The number of hydrogen-bond donors (Lipinski definition) is 0. The third-order valence-corrected chi connectivity index (χ3v) is 8.10. The third kappa shape index (κ3) is 3.26. The lowest BCUT2D eigenvalue weighted by atomic mass is 10.0. The van der Waals surface area contributed by atoms with Crippen molar-refractivity contribution in [1.29, 1.82) is 0 Å². The van der Waals surface area contributed by atoms with Crippen molar-refractivity contribution in [1.82, 2.24) is 14.4 Å². The van der Waals surface area contributed by atoms with Gasteiger partial charge in [-0.1, -0.05) is 24.2 Å². The monoisotopic (exact) mass is 405 g/mol. The summed E-state index contributed by atoms with van der Waals surface area (Å²) in [6.07, 6.45) is 0.830. The van der Waals surface area contributed by atoms with Crippen molar-refractivity contribution in [3.05, 3.63) is 47.2 Å². The summed E-state index contributed by atoms with van der Waals surface area (Å²) in [5.41, 5.74) is 0.740. The maximum atomic E-state index is 12.7. The molecule has 2 aromatic heterocycles.